The maximum Gasteiger partial charge on any atom is 0.416 e. The van der Waals surface area contributed by atoms with E-state index in [1.54, 1.807) is 35.4 Å². The van der Waals surface area contributed by atoms with Crippen LogP contribution in [0.3, 0.4) is 0 Å². The number of carbonyl (C=O) groups excluding carboxylic acids is 1. The van der Waals surface area contributed by atoms with Gasteiger partial charge in [0.05, 0.1) is 30.5 Å². The Balaban J connectivity index is 1.06. The molecule has 2 aromatic heterocycles. The first kappa shape index (κ1) is 33.5. The van der Waals surface area contributed by atoms with Crippen molar-refractivity contribution in [3.05, 3.63) is 92.8 Å². The van der Waals surface area contributed by atoms with Crippen LogP contribution in [0, 0.1) is 0 Å². The SMILES string of the molecule is O=C(Oc1ccc(Cl)cc1)N1CCc2c([nH]c3c2=CC(Cl)CC=3)[C@@H]1c1ccc(OCCc2cn(C3OC(CO)C(O)C(O)C3O)nn2)cc1. The van der Waals surface area contributed by atoms with Crippen molar-refractivity contribution in [3.63, 3.8) is 0 Å². The lowest BCUT2D eigenvalue weighted by atomic mass is 9.92. The number of carbonyl (C=O) groups is 1. The normalized spacial score (nSPS) is 26.2. The third-order valence-corrected chi connectivity index (χ3v) is 9.61. The fourth-order valence-corrected chi connectivity index (χ4v) is 6.87. The van der Waals surface area contributed by atoms with Crippen molar-refractivity contribution < 1.29 is 39.4 Å². The first-order valence-corrected chi connectivity index (χ1v) is 16.8. The molecule has 5 N–H and O–H groups in total. The van der Waals surface area contributed by atoms with Crippen LogP contribution in [-0.4, -0.2) is 101 Å². The summed E-state index contributed by atoms with van der Waals surface area (Å²) in [7, 11) is 0. The van der Waals surface area contributed by atoms with Gasteiger partial charge in [-0.25, -0.2) is 9.48 Å². The number of alkyl halides is 1. The lowest BCUT2D eigenvalue weighted by Gasteiger charge is -2.39. The molecule has 3 aliphatic rings. The number of hydrogen-bond donors (Lipinski definition) is 5. The minimum atomic E-state index is -1.52. The molecule has 7 atom stereocenters. The van der Waals surface area contributed by atoms with Crippen LogP contribution in [0.15, 0.2) is 54.7 Å². The van der Waals surface area contributed by atoms with Crippen molar-refractivity contribution in [1.29, 1.82) is 0 Å². The molecule has 0 radical (unpaired) electrons. The molecule has 1 amide bonds. The second-order valence-corrected chi connectivity index (χ2v) is 13.2. The second-order valence-electron chi connectivity index (χ2n) is 12.2. The van der Waals surface area contributed by atoms with Gasteiger partial charge in [0, 0.05) is 34.2 Å². The summed E-state index contributed by atoms with van der Waals surface area (Å²) in [6, 6.07) is 13.7. The lowest BCUT2D eigenvalue weighted by molar-refractivity contribution is -0.254. The van der Waals surface area contributed by atoms with Crippen molar-refractivity contribution in [3.8, 4) is 11.5 Å². The molecule has 7 rings (SSSR count). The Hall–Kier alpha value is -3.95. The highest BCUT2D eigenvalue weighted by molar-refractivity contribution is 6.30. The van der Waals surface area contributed by atoms with Crippen molar-refractivity contribution in [1.82, 2.24) is 24.9 Å². The number of rotatable bonds is 8. The number of aliphatic hydroxyl groups excluding tert-OH is 4. The number of benzene rings is 2. The first-order chi connectivity index (χ1) is 23.7. The number of nitrogens with zero attached hydrogens (tertiary/aromatic N) is 4. The smallest absolute Gasteiger partial charge is 0.416 e. The number of ether oxygens (including phenoxy) is 3. The molecular formula is C34H35Cl2N5O8. The van der Waals surface area contributed by atoms with Crippen LogP contribution in [0.5, 0.6) is 11.5 Å². The predicted octanol–water partition coefficient (Wildman–Crippen LogP) is 1.57. The summed E-state index contributed by atoms with van der Waals surface area (Å²) >= 11 is 12.5. The molecule has 0 spiro atoms. The lowest BCUT2D eigenvalue weighted by Crippen LogP contribution is -2.56. The van der Waals surface area contributed by atoms with E-state index in [1.807, 2.05) is 24.3 Å². The van der Waals surface area contributed by atoms with Gasteiger partial charge in [-0.05, 0) is 60.4 Å². The highest BCUT2D eigenvalue weighted by atomic mass is 35.5. The molecule has 258 valence electrons. The largest absolute Gasteiger partial charge is 0.493 e. The zero-order chi connectivity index (χ0) is 34.2. The van der Waals surface area contributed by atoms with Crippen LogP contribution < -0.4 is 20.0 Å². The molecule has 1 fully saturated rings. The minimum absolute atomic E-state index is 0.0903. The average molecular weight is 713 g/mol. The number of aromatic amines is 1. The van der Waals surface area contributed by atoms with Gasteiger partial charge in [0.25, 0.3) is 0 Å². The summed E-state index contributed by atoms with van der Waals surface area (Å²) in [5, 5.41) is 50.6. The number of amides is 1. The van der Waals surface area contributed by atoms with Crippen molar-refractivity contribution in [2.75, 3.05) is 19.8 Å². The summed E-state index contributed by atoms with van der Waals surface area (Å²) in [6.45, 7) is 0.160. The third kappa shape index (κ3) is 6.80. The van der Waals surface area contributed by atoms with Gasteiger partial charge in [-0.15, -0.1) is 16.7 Å². The van der Waals surface area contributed by atoms with Crippen LogP contribution in [-0.2, 0) is 17.6 Å². The van der Waals surface area contributed by atoms with Gasteiger partial charge in [-0.2, -0.15) is 0 Å². The molecule has 4 heterocycles. The van der Waals surface area contributed by atoms with Crippen LogP contribution in [0.25, 0.3) is 12.2 Å². The molecule has 0 saturated carbocycles. The molecule has 1 saturated heterocycles. The zero-order valence-corrected chi connectivity index (χ0v) is 27.6. The van der Waals surface area contributed by atoms with Gasteiger partial charge in [-0.3, -0.25) is 4.90 Å². The molecule has 6 unspecified atom stereocenters. The van der Waals surface area contributed by atoms with E-state index in [0.29, 0.717) is 41.6 Å². The van der Waals surface area contributed by atoms with E-state index < -0.39 is 49.4 Å². The number of nitrogens with one attached hydrogen (secondary N) is 1. The fraction of sp³-hybridized carbons (Fsp3) is 0.382. The average Bonchev–Trinajstić information content (AvgIpc) is 3.73. The molecular weight excluding hydrogens is 677 g/mol. The molecule has 4 aromatic rings. The Morgan fingerprint density at radius 1 is 1.04 bits per heavy atom. The van der Waals surface area contributed by atoms with Crippen LogP contribution >= 0.6 is 23.2 Å². The maximum atomic E-state index is 13.6. The molecule has 49 heavy (non-hydrogen) atoms. The van der Waals surface area contributed by atoms with Crippen LogP contribution in [0.4, 0.5) is 4.79 Å². The van der Waals surface area contributed by atoms with E-state index in [1.165, 1.54) is 4.68 Å². The highest BCUT2D eigenvalue weighted by Gasteiger charge is 2.44. The van der Waals surface area contributed by atoms with Gasteiger partial charge < -0.3 is 39.6 Å². The summed E-state index contributed by atoms with van der Waals surface area (Å²) in [6.07, 6.45) is 0.332. The van der Waals surface area contributed by atoms with Gasteiger partial charge in [0.15, 0.2) is 6.23 Å². The fourth-order valence-electron chi connectivity index (χ4n) is 6.52. The number of fused-ring (bicyclic) bond motifs is 3. The van der Waals surface area contributed by atoms with Crippen molar-refractivity contribution >= 4 is 41.4 Å². The summed E-state index contributed by atoms with van der Waals surface area (Å²) in [4.78, 5) is 18.9. The topological polar surface area (TPSA) is 175 Å². The van der Waals surface area contributed by atoms with Gasteiger partial charge >= 0.3 is 6.09 Å². The molecule has 13 nitrogen and oxygen atoms in total. The van der Waals surface area contributed by atoms with E-state index in [0.717, 1.165) is 33.8 Å². The standard InChI is InChI=1S/C34H35Cl2N5O8/c35-19-3-8-23(9-4-19)48-34(46)40-13-11-24-25-15-20(36)5-10-26(25)37-28(24)29(40)18-1-6-22(7-2-18)47-14-12-21-16-41(39-38-21)33-32(45)31(44)30(43)27(17-42)49-33/h1-4,6-10,15-16,20,27,29-33,37,42-45H,5,11-14,17H2/t20?,27?,29-,30?,31?,32?,33?/m0/s1. The Kier molecular flexibility index (Phi) is 9.66. The number of H-pyrrole nitrogens is 1. The monoisotopic (exact) mass is 711 g/mol. The number of aliphatic hydroxyl groups is 4. The molecule has 2 aromatic carbocycles. The zero-order valence-electron chi connectivity index (χ0n) is 26.1. The molecule has 15 heteroatoms. The second kappa shape index (κ2) is 14.1. The Morgan fingerprint density at radius 2 is 1.80 bits per heavy atom. The summed E-state index contributed by atoms with van der Waals surface area (Å²) in [5.74, 6) is 1.00. The van der Waals surface area contributed by atoms with Gasteiger partial charge in [0.1, 0.15) is 42.0 Å². The van der Waals surface area contributed by atoms with Gasteiger partial charge in [0.2, 0.25) is 0 Å². The third-order valence-electron chi connectivity index (χ3n) is 9.05. The first-order valence-electron chi connectivity index (χ1n) is 15.9. The van der Waals surface area contributed by atoms with Crippen LogP contribution in [0.1, 0.15) is 41.2 Å². The highest BCUT2D eigenvalue weighted by Crippen LogP contribution is 2.35. The van der Waals surface area contributed by atoms with E-state index in [4.69, 9.17) is 37.4 Å². The maximum absolute atomic E-state index is 13.6. The Labute approximate surface area is 290 Å². The van der Waals surface area contributed by atoms with Crippen molar-refractivity contribution in [2.45, 2.75) is 61.3 Å². The summed E-state index contributed by atoms with van der Waals surface area (Å²) < 4.78 is 18.5. The van der Waals surface area contributed by atoms with Crippen molar-refractivity contribution in [2.24, 2.45) is 0 Å². The van der Waals surface area contributed by atoms with Gasteiger partial charge in [-0.1, -0.05) is 41.1 Å². The van der Waals surface area contributed by atoms with E-state index in [2.05, 4.69) is 27.4 Å². The number of aromatic nitrogens is 4. The quantitative estimate of drug-likeness (QED) is 0.169. The van der Waals surface area contributed by atoms with E-state index in [-0.39, 0.29) is 12.0 Å². The number of halogens is 2. The molecule has 2 aliphatic heterocycles. The molecule has 0 bridgehead atoms. The Morgan fingerprint density at radius 3 is 2.55 bits per heavy atom. The summed E-state index contributed by atoms with van der Waals surface area (Å²) in [5.41, 5.74) is 3.46. The van der Waals surface area contributed by atoms with Crippen LogP contribution in [0.2, 0.25) is 5.02 Å². The number of hydrogen-bond acceptors (Lipinski definition) is 10. The minimum Gasteiger partial charge on any atom is -0.493 e. The Bertz CT molecular complexity index is 1920. The van der Waals surface area contributed by atoms with E-state index in [9.17, 15) is 25.2 Å². The molecule has 1 aliphatic carbocycles. The van der Waals surface area contributed by atoms with E-state index >= 15 is 0 Å². The predicted molar refractivity (Wildman–Crippen MR) is 178 cm³/mol.